The summed E-state index contributed by atoms with van der Waals surface area (Å²) in [6.45, 7) is 2.06. The Morgan fingerprint density at radius 3 is 1.85 bits per heavy atom. The van der Waals surface area contributed by atoms with Gasteiger partial charge in [-0.2, -0.15) is 8.61 Å². The second kappa shape index (κ2) is 9.80. The van der Waals surface area contributed by atoms with E-state index in [2.05, 4.69) is 10.6 Å². The zero-order valence-electron chi connectivity index (χ0n) is 18.2. The Bertz CT molecular complexity index is 1200. The maximum atomic E-state index is 12.7. The molecule has 0 radical (unpaired) electrons. The van der Waals surface area contributed by atoms with E-state index in [9.17, 15) is 21.6 Å². The van der Waals surface area contributed by atoms with E-state index in [1.807, 2.05) is 0 Å². The largest absolute Gasteiger partial charge is 0.376 e. The molecule has 0 aromatic heterocycles. The smallest absolute Gasteiger partial charge is 0.243 e. The lowest BCUT2D eigenvalue weighted by Crippen LogP contribution is -2.28. The van der Waals surface area contributed by atoms with Crippen LogP contribution in [-0.2, 0) is 24.8 Å². The summed E-state index contributed by atoms with van der Waals surface area (Å²) < 4.78 is 53.6. The Hall–Kier alpha value is -2.47. The summed E-state index contributed by atoms with van der Waals surface area (Å²) in [5, 5.41) is 5.66. The third-order valence-electron chi connectivity index (χ3n) is 5.83. The summed E-state index contributed by atoms with van der Waals surface area (Å²) in [6.07, 6.45) is 3.46. The topological polar surface area (TPSA) is 116 Å². The molecule has 2 heterocycles. The van der Waals surface area contributed by atoms with Crippen LogP contribution in [0.1, 0.15) is 25.7 Å². The first kappa shape index (κ1) is 23.7. The van der Waals surface area contributed by atoms with Crippen molar-refractivity contribution in [2.24, 2.45) is 0 Å². The zero-order valence-corrected chi connectivity index (χ0v) is 19.9. The first-order chi connectivity index (χ1) is 15.8. The van der Waals surface area contributed by atoms with E-state index in [0.29, 0.717) is 37.6 Å². The Balaban J connectivity index is 1.34. The molecule has 2 aliphatic heterocycles. The normalized spacial score (nSPS) is 17.8. The number of nitrogens with one attached hydrogen (secondary N) is 2. The fourth-order valence-corrected chi connectivity index (χ4v) is 7.10. The molecule has 0 aliphatic carbocycles. The van der Waals surface area contributed by atoms with Crippen LogP contribution >= 0.6 is 0 Å². The van der Waals surface area contributed by atoms with Gasteiger partial charge in [0.1, 0.15) is 0 Å². The van der Waals surface area contributed by atoms with Gasteiger partial charge in [-0.3, -0.25) is 4.79 Å². The first-order valence-corrected chi connectivity index (χ1v) is 13.9. The Morgan fingerprint density at radius 2 is 1.27 bits per heavy atom. The van der Waals surface area contributed by atoms with Gasteiger partial charge in [0.2, 0.25) is 26.0 Å². The molecule has 2 fully saturated rings. The van der Waals surface area contributed by atoms with Crippen molar-refractivity contribution in [3.05, 3.63) is 48.5 Å². The van der Waals surface area contributed by atoms with Crippen molar-refractivity contribution in [3.8, 4) is 0 Å². The van der Waals surface area contributed by atoms with Crippen LogP contribution in [0.15, 0.2) is 58.3 Å². The lowest BCUT2D eigenvalue weighted by molar-refractivity contribution is -0.114. The third kappa shape index (κ3) is 5.37. The highest BCUT2D eigenvalue weighted by Gasteiger charge is 2.28. The average Bonchev–Trinajstić information content (AvgIpc) is 3.53. The van der Waals surface area contributed by atoms with Crippen molar-refractivity contribution in [2.45, 2.75) is 35.5 Å². The van der Waals surface area contributed by atoms with Crippen LogP contribution in [0.5, 0.6) is 0 Å². The number of hydrogen-bond donors (Lipinski definition) is 2. The molecular formula is C22H28N4O5S2. The second-order valence-corrected chi connectivity index (χ2v) is 12.1. The highest BCUT2D eigenvalue weighted by atomic mass is 32.2. The molecular weight excluding hydrogens is 464 g/mol. The molecule has 0 unspecified atom stereocenters. The summed E-state index contributed by atoms with van der Waals surface area (Å²) >= 11 is 0. The average molecular weight is 493 g/mol. The number of benzene rings is 2. The van der Waals surface area contributed by atoms with Gasteiger partial charge in [-0.15, -0.1) is 0 Å². The zero-order chi connectivity index (χ0) is 23.5. The molecule has 0 bridgehead atoms. The van der Waals surface area contributed by atoms with Crippen LogP contribution in [0, 0.1) is 0 Å². The number of hydrogen-bond acceptors (Lipinski definition) is 6. The minimum absolute atomic E-state index is 0.0542. The number of anilines is 2. The van der Waals surface area contributed by atoms with Crippen LogP contribution in [-0.4, -0.2) is 64.1 Å². The molecule has 0 spiro atoms. The van der Waals surface area contributed by atoms with Gasteiger partial charge < -0.3 is 10.6 Å². The molecule has 0 saturated carbocycles. The predicted molar refractivity (Wildman–Crippen MR) is 126 cm³/mol. The van der Waals surface area contributed by atoms with Crippen molar-refractivity contribution >= 4 is 37.3 Å². The fourth-order valence-electron chi connectivity index (χ4n) is 4.02. The van der Waals surface area contributed by atoms with Crippen molar-refractivity contribution < 1.29 is 21.6 Å². The van der Waals surface area contributed by atoms with E-state index >= 15 is 0 Å². The molecule has 2 aromatic rings. The number of carbonyl (C=O) groups is 1. The molecule has 4 rings (SSSR count). The Morgan fingerprint density at radius 1 is 0.727 bits per heavy atom. The first-order valence-electron chi connectivity index (χ1n) is 11.0. The van der Waals surface area contributed by atoms with Crippen LogP contribution < -0.4 is 10.6 Å². The summed E-state index contributed by atoms with van der Waals surface area (Å²) in [5.74, 6) is -0.348. The second-order valence-electron chi connectivity index (χ2n) is 8.18. The van der Waals surface area contributed by atoms with Gasteiger partial charge in [0.25, 0.3) is 0 Å². The molecule has 9 nitrogen and oxygen atoms in total. The van der Waals surface area contributed by atoms with E-state index in [0.717, 1.165) is 25.7 Å². The molecule has 2 N–H and O–H groups in total. The number of carbonyl (C=O) groups excluding carboxylic acids is 1. The SMILES string of the molecule is O=C(CNc1ccc(S(=O)(=O)N2CCCC2)cc1)Nc1cccc(S(=O)(=O)N2CCCC2)c1. The number of amides is 1. The van der Waals surface area contributed by atoms with Crippen LogP contribution in [0.2, 0.25) is 0 Å². The van der Waals surface area contributed by atoms with Crippen molar-refractivity contribution in [1.29, 1.82) is 0 Å². The van der Waals surface area contributed by atoms with E-state index < -0.39 is 20.0 Å². The van der Waals surface area contributed by atoms with Crippen LogP contribution in [0.25, 0.3) is 0 Å². The number of rotatable bonds is 8. The van der Waals surface area contributed by atoms with Gasteiger partial charge in [-0.25, -0.2) is 16.8 Å². The van der Waals surface area contributed by atoms with Gasteiger partial charge >= 0.3 is 0 Å². The maximum Gasteiger partial charge on any atom is 0.243 e. The van der Waals surface area contributed by atoms with Crippen molar-refractivity contribution in [2.75, 3.05) is 43.4 Å². The molecule has 0 atom stereocenters. The van der Waals surface area contributed by atoms with Gasteiger partial charge in [0.15, 0.2) is 0 Å². The molecule has 1 amide bonds. The van der Waals surface area contributed by atoms with Gasteiger partial charge in [0.05, 0.1) is 16.3 Å². The lowest BCUT2D eigenvalue weighted by atomic mass is 10.3. The van der Waals surface area contributed by atoms with Gasteiger partial charge in [-0.05, 0) is 68.1 Å². The minimum atomic E-state index is -3.56. The fraction of sp³-hybridized carbons (Fsp3) is 0.409. The van der Waals surface area contributed by atoms with Crippen molar-refractivity contribution in [3.63, 3.8) is 0 Å². The molecule has 33 heavy (non-hydrogen) atoms. The van der Waals surface area contributed by atoms with E-state index in [-0.39, 0.29) is 22.2 Å². The van der Waals surface area contributed by atoms with E-state index in [1.165, 1.54) is 32.9 Å². The Kier molecular flexibility index (Phi) is 7.03. The highest BCUT2D eigenvalue weighted by molar-refractivity contribution is 7.89. The molecule has 11 heteroatoms. The summed E-state index contributed by atoms with van der Waals surface area (Å²) in [6, 6.07) is 12.5. The number of sulfonamides is 2. The van der Waals surface area contributed by atoms with Crippen LogP contribution in [0.3, 0.4) is 0 Å². The van der Waals surface area contributed by atoms with E-state index in [4.69, 9.17) is 0 Å². The molecule has 2 aliphatic rings. The lowest BCUT2D eigenvalue weighted by Gasteiger charge is -2.16. The van der Waals surface area contributed by atoms with Crippen LogP contribution in [0.4, 0.5) is 11.4 Å². The summed E-state index contributed by atoms with van der Waals surface area (Å²) in [5.41, 5.74) is 1.00. The molecule has 2 aromatic carbocycles. The quantitative estimate of drug-likeness (QED) is 0.584. The third-order valence-corrected chi connectivity index (χ3v) is 9.64. The maximum absolute atomic E-state index is 12.7. The van der Waals surface area contributed by atoms with Gasteiger partial charge in [-0.1, -0.05) is 6.07 Å². The Labute approximate surface area is 194 Å². The molecule has 178 valence electrons. The summed E-state index contributed by atoms with van der Waals surface area (Å²) in [7, 11) is -7.04. The van der Waals surface area contributed by atoms with Gasteiger partial charge in [0, 0.05) is 37.6 Å². The summed E-state index contributed by atoms with van der Waals surface area (Å²) in [4.78, 5) is 12.8. The minimum Gasteiger partial charge on any atom is -0.376 e. The predicted octanol–water partition coefficient (Wildman–Crippen LogP) is 2.31. The monoisotopic (exact) mass is 492 g/mol. The number of nitrogens with zero attached hydrogens (tertiary/aromatic N) is 2. The molecule has 2 saturated heterocycles. The highest BCUT2D eigenvalue weighted by Crippen LogP contribution is 2.24. The van der Waals surface area contributed by atoms with E-state index in [1.54, 1.807) is 24.3 Å². The van der Waals surface area contributed by atoms with Crippen molar-refractivity contribution in [1.82, 2.24) is 8.61 Å². The standard InChI is InChI=1S/C22H28N4O5S2/c27-22(24-19-6-5-7-21(16-19)33(30,31)26-14-3-4-15-26)17-23-18-8-10-20(11-9-18)32(28,29)25-12-1-2-13-25/h5-11,16,23H,1-4,12-15,17H2,(H,24,27).